The number of benzene rings is 2. The van der Waals surface area contributed by atoms with E-state index in [1.165, 1.54) is 16.0 Å². The van der Waals surface area contributed by atoms with E-state index in [9.17, 15) is 0 Å². The zero-order valence-electron chi connectivity index (χ0n) is 14.7. The summed E-state index contributed by atoms with van der Waals surface area (Å²) in [5.74, 6) is 0. The monoisotopic (exact) mass is 312 g/mol. The standard InChI is InChI=1S/C21H28S/c1-16(21(5,6)18-10-8-7-9-11-18)22-19-14-12-17(13-15-19)20(2,3)4/h7-16H,1-6H3. The maximum atomic E-state index is 2.34. The van der Waals surface area contributed by atoms with Crippen LogP contribution in [0.15, 0.2) is 59.5 Å². The average molecular weight is 313 g/mol. The molecule has 0 aliphatic heterocycles. The van der Waals surface area contributed by atoms with Crippen molar-refractivity contribution in [2.45, 2.75) is 62.5 Å². The van der Waals surface area contributed by atoms with Gasteiger partial charge >= 0.3 is 0 Å². The molecular formula is C21H28S. The molecule has 0 aliphatic carbocycles. The van der Waals surface area contributed by atoms with Gasteiger partial charge in [-0.2, -0.15) is 0 Å². The highest BCUT2D eigenvalue weighted by atomic mass is 32.2. The predicted octanol–water partition coefficient (Wildman–Crippen LogP) is 6.44. The summed E-state index contributed by atoms with van der Waals surface area (Å²) in [5, 5.41) is 0.510. The second-order valence-corrected chi connectivity index (χ2v) is 9.04. The number of thioether (sulfide) groups is 1. The summed E-state index contributed by atoms with van der Waals surface area (Å²) in [6, 6.07) is 19.9. The van der Waals surface area contributed by atoms with Gasteiger partial charge in [0.25, 0.3) is 0 Å². The molecule has 2 aromatic rings. The third-order valence-corrected chi connectivity index (χ3v) is 6.05. The van der Waals surface area contributed by atoms with Crippen LogP contribution in [0.2, 0.25) is 0 Å². The first-order chi connectivity index (χ1) is 10.2. The summed E-state index contributed by atoms with van der Waals surface area (Å²) >= 11 is 1.96. The molecule has 0 spiro atoms. The third kappa shape index (κ3) is 3.95. The summed E-state index contributed by atoms with van der Waals surface area (Å²) in [6.07, 6.45) is 0. The van der Waals surface area contributed by atoms with E-state index in [-0.39, 0.29) is 10.8 Å². The van der Waals surface area contributed by atoms with Crippen LogP contribution in [-0.2, 0) is 10.8 Å². The first kappa shape index (κ1) is 17.1. The highest BCUT2D eigenvalue weighted by molar-refractivity contribution is 8.00. The van der Waals surface area contributed by atoms with E-state index in [1.807, 2.05) is 11.8 Å². The van der Waals surface area contributed by atoms with Gasteiger partial charge in [0.05, 0.1) is 0 Å². The molecule has 0 amide bonds. The minimum absolute atomic E-state index is 0.147. The van der Waals surface area contributed by atoms with Crippen molar-refractivity contribution in [2.75, 3.05) is 0 Å². The Kier molecular flexibility index (Phi) is 5.07. The minimum atomic E-state index is 0.147. The van der Waals surface area contributed by atoms with Crippen molar-refractivity contribution in [3.63, 3.8) is 0 Å². The molecule has 0 saturated carbocycles. The third-order valence-electron chi connectivity index (χ3n) is 4.57. The van der Waals surface area contributed by atoms with Crippen LogP contribution < -0.4 is 0 Å². The second kappa shape index (κ2) is 6.50. The maximum Gasteiger partial charge on any atom is 0.0158 e. The van der Waals surface area contributed by atoms with Crippen molar-refractivity contribution in [2.24, 2.45) is 0 Å². The van der Waals surface area contributed by atoms with Crippen molar-refractivity contribution in [3.05, 3.63) is 65.7 Å². The molecule has 0 saturated heterocycles. The Hall–Kier alpha value is -1.21. The van der Waals surface area contributed by atoms with Crippen molar-refractivity contribution < 1.29 is 0 Å². The van der Waals surface area contributed by atoms with Gasteiger partial charge in [-0.25, -0.2) is 0 Å². The molecule has 0 bridgehead atoms. The van der Waals surface area contributed by atoms with E-state index in [0.717, 1.165) is 0 Å². The van der Waals surface area contributed by atoms with Crippen molar-refractivity contribution in [1.82, 2.24) is 0 Å². The van der Waals surface area contributed by atoms with Gasteiger partial charge in [0.1, 0.15) is 0 Å². The zero-order chi connectivity index (χ0) is 16.4. The largest absolute Gasteiger partial charge is 0.122 e. The van der Waals surface area contributed by atoms with Crippen LogP contribution >= 0.6 is 11.8 Å². The van der Waals surface area contributed by atoms with Gasteiger partial charge in [-0.05, 0) is 28.7 Å². The normalized spacial score (nSPS) is 13.9. The molecule has 2 rings (SSSR count). The summed E-state index contributed by atoms with van der Waals surface area (Å²) in [7, 11) is 0. The van der Waals surface area contributed by atoms with Crippen LogP contribution in [0.3, 0.4) is 0 Å². The van der Waals surface area contributed by atoms with Crippen molar-refractivity contribution >= 4 is 11.8 Å². The van der Waals surface area contributed by atoms with Gasteiger partial charge in [0.15, 0.2) is 0 Å². The average Bonchev–Trinajstić information content (AvgIpc) is 2.47. The van der Waals surface area contributed by atoms with Crippen LogP contribution in [0.4, 0.5) is 0 Å². The Morgan fingerprint density at radius 2 is 1.27 bits per heavy atom. The first-order valence-electron chi connectivity index (χ1n) is 8.04. The van der Waals surface area contributed by atoms with E-state index >= 15 is 0 Å². The molecule has 0 radical (unpaired) electrons. The maximum absolute atomic E-state index is 2.34. The Balaban J connectivity index is 2.13. The molecule has 0 aliphatic rings. The molecule has 118 valence electrons. The lowest BCUT2D eigenvalue weighted by Gasteiger charge is -2.32. The van der Waals surface area contributed by atoms with Gasteiger partial charge in [-0.3, -0.25) is 0 Å². The molecule has 1 unspecified atom stereocenters. The lowest BCUT2D eigenvalue weighted by Crippen LogP contribution is -2.28. The molecule has 0 nitrogen and oxygen atoms in total. The minimum Gasteiger partial charge on any atom is -0.122 e. The molecule has 0 aromatic heterocycles. The van der Waals surface area contributed by atoms with Crippen LogP contribution in [-0.4, -0.2) is 5.25 Å². The van der Waals surface area contributed by atoms with E-state index in [0.29, 0.717) is 5.25 Å². The summed E-state index contributed by atoms with van der Waals surface area (Å²) in [4.78, 5) is 1.35. The SMILES string of the molecule is CC(Sc1ccc(C(C)(C)C)cc1)C(C)(C)c1ccccc1. The Morgan fingerprint density at radius 1 is 0.727 bits per heavy atom. The fourth-order valence-electron chi connectivity index (χ4n) is 2.49. The summed E-state index contributed by atoms with van der Waals surface area (Å²) in [6.45, 7) is 13.8. The first-order valence-corrected chi connectivity index (χ1v) is 8.92. The van der Waals surface area contributed by atoms with E-state index < -0.39 is 0 Å². The lowest BCUT2D eigenvalue weighted by atomic mass is 9.82. The van der Waals surface area contributed by atoms with Crippen molar-refractivity contribution in [3.8, 4) is 0 Å². The van der Waals surface area contributed by atoms with Gasteiger partial charge in [-0.15, -0.1) is 11.8 Å². The van der Waals surface area contributed by atoms with Crippen LogP contribution in [0.5, 0.6) is 0 Å². The summed E-state index contributed by atoms with van der Waals surface area (Å²) < 4.78 is 0. The van der Waals surface area contributed by atoms with E-state index in [1.54, 1.807) is 0 Å². The van der Waals surface area contributed by atoms with Crippen LogP contribution in [0.25, 0.3) is 0 Å². The highest BCUT2D eigenvalue weighted by Gasteiger charge is 2.28. The van der Waals surface area contributed by atoms with Crippen LogP contribution in [0.1, 0.15) is 52.7 Å². The molecule has 1 atom stereocenters. The van der Waals surface area contributed by atoms with Gasteiger partial charge in [0.2, 0.25) is 0 Å². The van der Waals surface area contributed by atoms with E-state index in [4.69, 9.17) is 0 Å². The Bertz CT molecular complexity index is 588. The quantitative estimate of drug-likeness (QED) is 0.585. The lowest BCUT2D eigenvalue weighted by molar-refractivity contribution is 0.520. The molecule has 22 heavy (non-hydrogen) atoms. The van der Waals surface area contributed by atoms with Crippen LogP contribution in [0, 0.1) is 0 Å². The Labute approximate surface area is 140 Å². The van der Waals surface area contributed by atoms with Gasteiger partial charge in [-0.1, -0.05) is 84.0 Å². The molecule has 1 heteroatoms. The topological polar surface area (TPSA) is 0 Å². The van der Waals surface area contributed by atoms with Gasteiger partial charge in [0, 0.05) is 15.6 Å². The fourth-order valence-corrected chi connectivity index (χ4v) is 3.62. The van der Waals surface area contributed by atoms with Crippen molar-refractivity contribution in [1.29, 1.82) is 0 Å². The number of hydrogen-bond donors (Lipinski definition) is 0. The molecule has 2 aromatic carbocycles. The smallest absolute Gasteiger partial charge is 0.0158 e. The Morgan fingerprint density at radius 3 is 1.77 bits per heavy atom. The highest BCUT2D eigenvalue weighted by Crippen LogP contribution is 2.38. The molecule has 0 fully saturated rings. The predicted molar refractivity (Wildman–Crippen MR) is 99.9 cm³/mol. The fraction of sp³-hybridized carbons (Fsp3) is 0.429. The molecule has 0 N–H and O–H groups in total. The molecule has 0 heterocycles. The summed E-state index contributed by atoms with van der Waals surface area (Å²) in [5.41, 5.74) is 3.17. The number of rotatable bonds is 4. The second-order valence-electron chi connectivity index (χ2n) is 7.62. The zero-order valence-corrected chi connectivity index (χ0v) is 15.5. The number of hydrogen-bond acceptors (Lipinski definition) is 1. The van der Waals surface area contributed by atoms with E-state index in [2.05, 4.69) is 96.1 Å². The van der Waals surface area contributed by atoms with Gasteiger partial charge < -0.3 is 0 Å². The molecular weight excluding hydrogens is 284 g/mol.